The lowest BCUT2D eigenvalue weighted by atomic mass is 10.0. The van der Waals surface area contributed by atoms with Crippen LogP contribution in [0.4, 0.5) is 0 Å². The van der Waals surface area contributed by atoms with Crippen molar-refractivity contribution in [2.24, 2.45) is 5.92 Å². The van der Waals surface area contributed by atoms with E-state index in [-0.39, 0.29) is 12.1 Å². The lowest BCUT2D eigenvalue weighted by Gasteiger charge is -2.28. The number of thiophene rings is 1. The van der Waals surface area contributed by atoms with Gasteiger partial charge in [0.05, 0.1) is 17.8 Å². The predicted octanol–water partition coefficient (Wildman–Crippen LogP) is 4.53. The second kappa shape index (κ2) is 6.64. The Bertz CT molecular complexity index is 656. The molecule has 0 saturated carbocycles. The van der Waals surface area contributed by atoms with Crippen molar-refractivity contribution < 1.29 is 0 Å². The highest BCUT2D eigenvalue weighted by Gasteiger charge is 2.40. The largest absolute Gasteiger partial charge is 0.352 e. The van der Waals surface area contributed by atoms with Gasteiger partial charge in [-0.25, -0.2) is 0 Å². The van der Waals surface area contributed by atoms with Crippen LogP contribution >= 0.6 is 39.5 Å². The average Bonchev–Trinajstić information content (AvgIpc) is 3.04. The first-order valence-corrected chi connectivity index (χ1v) is 9.36. The number of hydrogen-bond acceptors (Lipinski definition) is 3. The summed E-state index contributed by atoms with van der Waals surface area (Å²) >= 11 is 10.9. The quantitative estimate of drug-likeness (QED) is 0.769. The van der Waals surface area contributed by atoms with Crippen LogP contribution in [0.5, 0.6) is 0 Å². The molecule has 6 heteroatoms. The molecule has 0 bridgehead atoms. The Labute approximate surface area is 148 Å². The summed E-state index contributed by atoms with van der Waals surface area (Å²) in [5.41, 5.74) is 1.03. The highest BCUT2D eigenvalue weighted by Crippen LogP contribution is 2.41. The smallest absolute Gasteiger partial charge is 0.170 e. The van der Waals surface area contributed by atoms with E-state index in [1.165, 1.54) is 4.88 Å². The Kier molecular flexibility index (Phi) is 4.80. The van der Waals surface area contributed by atoms with Gasteiger partial charge in [0, 0.05) is 27.5 Å². The van der Waals surface area contributed by atoms with Crippen LogP contribution in [0.25, 0.3) is 0 Å². The van der Waals surface area contributed by atoms with Crippen LogP contribution in [0.15, 0.2) is 40.3 Å². The first kappa shape index (κ1) is 15.9. The molecule has 0 amide bonds. The minimum atomic E-state index is 0.0954. The summed E-state index contributed by atoms with van der Waals surface area (Å²) in [6.07, 6.45) is 1.84. The van der Waals surface area contributed by atoms with E-state index in [2.05, 4.69) is 62.5 Å². The number of halogens is 1. The normalized spacial score (nSPS) is 21.5. The van der Waals surface area contributed by atoms with Crippen molar-refractivity contribution in [2.75, 3.05) is 6.54 Å². The van der Waals surface area contributed by atoms with Gasteiger partial charge in [0.25, 0.3) is 0 Å². The van der Waals surface area contributed by atoms with E-state index in [0.717, 1.165) is 21.8 Å². The zero-order valence-corrected chi connectivity index (χ0v) is 15.7. The van der Waals surface area contributed by atoms with Gasteiger partial charge >= 0.3 is 0 Å². The molecular weight excluding hydrogens is 378 g/mol. The van der Waals surface area contributed by atoms with E-state index in [9.17, 15) is 0 Å². The van der Waals surface area contributed by atoms with Crippen molar-refractivity contribution in [3.05, 3.63) is 50.9 Å². The third-order valence-corrected chi connectivity index (χ3v) is 5.76. The van der Waals surface area contributed by atoms with Gasteiger partial charge in [0.2, 0.25) is 0 Å². The van der Waals surface area contributed by atoms with Crippen LogP contribution in [0, 0.1) is 5.92 Å². The van der Waals surface area contributed by atoms with Gasteiger partial charge in [-0.15, -0.1) is 11.3 Å². The summed E-state index contributed by atoms with van der Waals surface area (Å²) < 4.78 is 1.12. The molecule has 3 heterocycles. The molecule has 22 heavy (non-hydrogen) atoms. The summed E-state index contributed by atoms with van der Waals surface area (Å²) in [5, 5.41) is 6.41. The number of hydrogen-bond donors (Lipinski definition) is 1. The van der Waals surface area contributed by atoms with Gasteiger partial charge in [-0.1, -0.05) is 19.9 Å². The SMILES string of the molecule is CC(C)CN1C(=S)N[C@H](c2ccccn2)[C@H]1c1cc(Br)cs1. The standard InChI is InChI=1S/C16H18BrN3S2/c1-10(2)8-20-15(13-7-11(17)9-22-13)14(19-16(20)21)12-5-3-4-6-18-12/h3-7,9-10,14-15H,8H2,1-2H3,(H,19,21)/t14-,15-/m1/s1. The molecule has 0 aromatic carbocycles. The third-order valence-electron chi connectivity index (χ3n) is 3.64. The number of nitrogens with zero attached hydrogens (tertiary/aromatic N) is 2. The number of nitrogens with one attached hydrogen (secondary N) is 1. The molecule has 1 N–H and O–H groups in total. The number of aromatic nitrogens is 1. The molecule has 0 aliphatic carbocycles. The van der Waals surface area contributed by atoms with Crippen LogP contribution in [0.2, 0.25) is 0 Å². The maximum atomic E-state index is 5.60. The summed E-state index contributed by atoms with van der Waals surface area (Å²) in [6.45, 7) is 5.38. The third kappa shape index (κ3) is 3.19. The summed E-state index contributed by atoms with van der Waals surface area (Å²) in [4.78, 5) is 8.14. The van der Waals surface area contributed by atoms with E-state index in [4.69, 9.17) is 12.2 Å². The lowest BCUT2D eigenvalue weighted by molar-refractivity contribution is 0.291. The van der Waals surface area contributed by atoms with E-state index in [1.54, 1.807) is 11.3 Å². The first-order valence-electron chi connectivity index (χ1n) is 7.28. The Morgan fingerprint density at radius 2 is 2.27 bits per heavy atom. The summed E-state index contributed by atoms with van der Waals surface area (Å²) in [7, 11) is 0. The molecule has 0 radical (unpaired) electrons. The van der Waals surface area contributed by atoms with Gasteiger partial charge in [-0.05, 0) is 52.3 Å². The van der Waals surface area contributed by atoms with Crippen molar-refractivity contribution >= 4 is 44.6 Å². The van der Waals surface area contributed by atoms with Crippen LogP contribution in [-0.4, -0.2) is 21.5 Å². The monoisotopic (exact) mass is 395 g/mol. The number of rotatable bonds is 4. The predicted molar refractivity (Wildman–Crippen MR) is 99.0 cm³/mol. The van der Waals surface area contributed by atoms with Crippen LogP contribution in [0.3, 0.4) is 0 Å². The van der Waals surface area contributed by atoms with E-state index in [0.29, 0.717) is 5.92 Å². The molecule has 0 unspecified atom stereocenters. The van der Waals surface area contributed by atoms with Gasteiger partial charge < -0.3 is 10.2 Å². The average molecular weight is 396 g/mol. The van der Waals surface area contributed by atoms with E-state index < -0.39 is 0 Å². The van der Waals surface area contributed by atoms with E-state index in [1.807, 2.05) is 18.3 Å². The molecule has 2 atom stereocenters. The lowest BCUT2D eigenvalue weighted by Crippen LogP contribution is -2.32. The zero-order valence-electron chi connectivity index (χ0n) is 12.5. The topological polar surface area (TPSA) is 28.2 Å². The Morgan fingerprint density at radius 3 is 2.86 bits per heavy atom. The zero-order chi connectivity index (χ0) is 15.7. The Morgan fingerprint density at radius 1 is 1.45 bits per heavy atom. The molecule has 0 spiro atoms. The maximum Gasteiger partial charge on any atom is 0.170 e. The molecule has 2 aromatic rings. The van der Waals surface area contributed by atoms with Crippen molar-refractivity contribution in [1.82, 2.24) is 15.2 Å². The summed E-state index contributed by atoms with van der Waals surface area (Å²) in [5.74, 6) is 0.549. The second-order valence-corrected chi connectivity index (χ2v) is 8.09. The molecule has 1 aliphatic heterocycles. The summed E-state index contributed by atoms with van der Waals surface area (Å²) in [6, 6.07) is 8.52. The maximum absolute atomic E-state index is 5.60. The fourth-order valence-corrected chi connectivity index (χ4v) is 4.70. The van der Waals surface area contributed by atoms with Crippen LogP contribution < -0.4 is 5.32 Å². The van der Waals surface area contributed by atoms with Crippen molar-refractivity contribution in [3.8, 4) is 0 Å². The highest BCUT2D eigenvalue weighted by atomic mass is 79.9. The van der Waals surface area contributed by atoms with Gasteiger partial charge in [0.15, 0.2) is 5.11 Å². The Balaban J connectivity index is 2.00. The van der Waals surface area contributed by atoms with Crippen LogP contribution in [-0.2, 0) is 0 Å². The molecule has 1 fully saturated rings. The minimum absolute atomic E-state index is 0.0954. The van der Waals surface area contributed by atoms with Gasteiger partial charge in [0.1, 0.15) is 0 Å². The van der Waals surface area contributed by atoms with Crippen molar-refractivity contribution in [1.29, 1.82) is 0 Å². The minimum Gasteiger partial charge on any atom is -0.352 e. The molecule has 116 valence electrons. The van der Waals surface area contributed by atoms with Gasteiger partial charge in [-0.2, -0.15) is 0 Å². The fraction of sp³-hybridized carbons (Fsp3) is 0.375. The fourth-order valence-electron chi connectivity index (χ4n) is 2.79. The number of thiocarbonyl (C=S) groups is 1. The highest BCUT2D eigenvalue weighted by molar-refractivity contribution is 9.10. The van der Waals surface area contributed by atoms with E-state index >= 15 is 0 Å². The Hall–Kier alpha value is -0.980. The van der Waals surface area contributed by atoms with Crippen molar-refractivity contribution in [2.45, 2.75) is 25.9 Å². The molecular formula is C16H18BrN3S2. The molecule has 1 aliphatic rings. The first-order chi connectivity index (χ1) is 10.6. The number of pyridine rings is 1. The molecule has 2 aromatic heterocycles. The molecule has 3 nitrogen and oxygen atoms in total. The molecule has 1 saturated heterocycles. The second-order valence-electron chi connectivity index (χ2n) is 5.84. The van der Waals surface area contributed by atoms with Crippen LogP contribution in [0.1, 0.15) is 36.5 Å². The molecule has 3 rings (SSSR count). The van der Waals surface area contributed by atoms with Crippen molar-refractivity contribution in [3.63, 3.8) is 0 Å². The van der Waals surface area contributed by atoms with Gasteiger partial charge in [-0.3, -0.25) is 4.98 Å².